The molecule has 0 fully saturated rings. The van der Waals surface area contributed by atoms with E-state index in [0.717, 1.165) is 16.7 Å². The average molecular weight is 372 g/mol. The van der Waals surface area contributed by atoms with Crippen molar-refractivity contribution in [1.29, 1.82) is 0 Å². The fourth-order valence-electron chi connectivity index (χ4n) is 2.57. The largest absolute Gasteiger partial charge is 0.438 e. The van der Waals surface area contributed by atoms with Gasteiger partial charge in [-0.2, -0.15) is 26.3 Å². The first-order valence-electron chi connectivity index (χ1n) is 7.24. The Hall–Kier alpha value is -2.84. The number of benzene rings is 2. The van der Waals surface area contributed by atoms with E-state index < -0.39 is 29.2 Å². The van der Waals surface area contributed by atoms with Crippen LogP contribution in [0.5, 0.6) is 0 Å². The van der Waals surface area contributed by atoms with Crippen LogP contribution >= 0.6 is 0 Å². The molecule has 0 saturated carbocycles. The molecule has 0 amide bonds. The lowest BCUT2D eigenvalue weighted by Gasteiger charge is -2.12. The van der Waals surface area contributed by atoms with Crippen molar-refractivity contribution in [2.75, 3.05) is 0 Å². The molecule has 3 nitrogen and oxygen atoms in total. The number of nitrogens with zero attached hydrogens (tertiary/aromatic N) is 2. The van der Waals surface area contributed by atoms with E-state index in [-0.39, 0.29) is 22.2 Å². The van der Waals surface area contributed by atoms with Crippen molar-refractivity contribution in [3.05, 3.63) is 64.1 Å². The molecule has 0 N–H and O–H groups in total. The van der Waals surface area contributed by atoms with E-state index in [1.807, 2.05) is 0 Å². The van der Waals surface area contributed by atoms with Crippen molar-refractivity contribution in [3.63, 3.8) is 0 Å². The summed E-state index contributed by atoms with van der Waals surface area (Å²) in [6.45, 7) is 0. The summed E-state index contributed by atoms with van der Waals surface area (Å²) in [6.07, 6.45) is -9.48. The Labute approximate surface area is 142 Å². The Morgan fingerprint density at radius 1 is 0.885 bits per heavy atom. The van der Waals surface area contributed by atoms with Crippen LogP contribution in [0.25, 0.3) is 22.2 Å². The number of halogens is 6. The highest BCUT2D eigenvalue weighted by atomic mass is 19.4. The van der Waals surface area contributed by atoms with Gasteiger partial charge in [0.25, 0.3) is 5.56 Å². The van der Waals surface area contributed by atoms with E-state index in [4.69, 9.17) is 0 Å². The molecular weight excluding hydrogens is 362 g/mol. The highest BCUT2D eigenvalue weighted by molar-refractivity contribution is 5.82. The maximum absolute atomic E-state index is 13.0. The van der Waals surface area contributed by atoms with Crippen LogP contribution in [0.15, 0.2) is 47.3 Å². The first-order valence-corrected chi connectivity index (χ1v) is 7.24. The number of hydrogen-bond donors (Lipinski definition) is 0. The van der Waals surface area contributed by atoms with Gasteiger partial charge in [0.05, 0.1) is 16.6 Å². The number of hydrogen-bond acceptors (Lipinski definition) is 2. The minimum Gasteiger partial charge on any atom is -0.308 e. The highest BCUT2D eigenvalue weighted by Crippen LogP contribution is 2.33. The minimum absolute atomic E-state index is 0.138. The molecule has 0 saturated heterocycles. The van der Waals surface area contributed by atoms with Crippen LogP contribution in [0.3, 0.4) is 0 Å². The van der Waals surface area contributed by atoms with Gasteiger partial charge in [-0.25, -0.2) is 4.98 Å². The monoisotopic (exact) mass is 372 g/mol. The molecule has 0 unspecified atom stereocenters. The van der Waals surface area contributed by atoms with Crippen molar-refractivity contribution in [1.82, 2.24) is 9.55 Å². The molecule has 3 aromatic rings. The molecule has 0 aliphatic carbocycles. The van der Waals surface area contributed by atoms with E-state index in [1.54, 1.807) is 0 Å². The molecule has 3 rings (SSSR count). The van der Waals surface area contributed by atoms with Crippen LogP contribution in [0.4, 0.5) is 26.3 Å². The smallest absolute Gasteiger partial charge is 0.308 e. The molecule has 0 bridgehead atoms. The van der Waals surface area contributed by atoms with Crippen molar-refractivity contribution in [2.24, 2.45) is 7.05 Å². The summed E-state index contributed by atoms with van der Waals surface area (Å²) in [5.41, 5.74) is -3.33. The average Bonchev–Trinajstić information content (AvgIpc) is 2.56. The SMILES string of the molecule is Cn1c(=O)c(C(F)(F)F)nc2cc(-c3cccc(C(F)(F)F)c3)ccc21. The van der Waals surface area contributed by atoms with Gasteiger partial charge in [0, 0.05) is 7.05 Å². The standard InChI is InChI=1S/C17H10F6N2O/c1-25-13-6-5-10(9-3-2-4-11(7-9)16(18,19)20)8-12(13)24-14(15(25)26)17(21,22)23/h2-8H,1H3. The molecule has 1 heterocycles. The summed E-state index contributed by atoms with van der Waals surface area (Å²) in [7, 11) is 1.17. The number of aromatic nitrogens is 2. The molecule has 0 aliphatic rings. The molecule has 2 aromatic carbocycles. The molecule has 0 radical (unpaired) electrons. The van der Waals surface area contributed by atoms with Crippen molar-refractivity contribution >= 4 is 11.0 Å². The zero-order valence-electron chi connectivity index (χ0n) is 13.1. The van der Waals surface area contributed by atoms with E-state index >= 15 is 0 Å². The van der Waals surface area contributed by atoms with Gasteiger partial charge in [-0.05, 0) is 35.4 Å². The Morgan fingerprint density at radius 2 is 1.54 bits per heavy atom. The lowest BCUT2D eigenvalue weighted by molar-refractivity contribution is -0.142. The topological polar surface area (TPSA) is 34.9 Å². The quantitative estimate of drug-likeness (QED) is 0.584. The van der Waals surface area contributed by atoms with Gasteiger partial charge in [0.1, 0.15) is 0 Å². The van der Waals surface area contributed by atoms with E-state index in [0.29, 0.717) is 0 Å². The molecule has 1 aromatic heterocycles. The minimum atomic E-state index is -4.94. The molecule has 0 atom stereocenters. The fraction of sp³-hybridized carbons (Fsp3) is 0.176. The third-order valence-electron chi connectivity index (χ3n) is 3.87. The molecule has 136 valence electrons. The van der Waals surface area contributed by atoms with Crippen molar-refractivity contribution in [2.45, 2.75) is 12.4 Å². The maximum atomic E-state index is 13.0. The molecule has 0 spiro atoms. The van der Waals surface area contributed by atoms with Gasteiger partial charge < -0.3 is 4.57 Å². The predicted octanol–water partition coefficient (Wildman–Crippen LogP) is 4.64. The lowest BCUT2D eigenvalue weighted by atomic mass is 10.0. The summed E-state index contributed by atoms with van der Waals surface area (Å²) < 4.78 is 78.2. The summed E-state index contributed by atoms with van der Waals surface area (Å²) in [4.78, 5) is 15.2. The second-order valence-electron chi connectivity index (χ2n) is 5.60. The van der Waals surface area contributed by atoms with Crippen LogP contribution < -0.4 is 5.56 Å². The fourth-order valence-corrected chi connectivity index (χ4v) is 2.57. The van der Waals surface area contributed by atoms with Gasteiger partial charge in [0.15, 0.2) is 0 Å². The van der Waals surface area contributed by atoms with E-state index in [2.05, 4.69) is 4.98 Å². The van der Waals surface area contributed by atoms with Gasteiger partial charge in [-0.15, -0.1) is 0 Å². The Balaban J connectivity index is 2.22. The number of aryl methyl sites for hydroxylation is 1. The first-order chi connectivity index (χ1) is 12.0. The summed E-state index contributed by atoms with van der Waals surface area (Å²) >= 11 is 0. The van der Waals surface area contributed by atoms with E-state index in [9.17, 15) is 31.1 Å². The predicted molar refractivity (Wildman–Crippen MR) is 82.4 cm³/mol. The second-order valence-corrected chi connectivity index (χ2v) is 5.60. The maximum Gasteiger partial charge on any atom is 0.438 e. The van der Waals surface area contributed by atoms with Gasteiger partial charge in [-0.3, -0.25) is 4.79 Å². The normalized spacial score (nSPS) is 12.6. The van der Waals surface area contributed by atoms with E-state index in [1.165, 1.54) is 37.4 Å². The van der Waals surface area contributed by atoms with Crippen LogP contribution in [-0.4, -0.2) is 9.55 Å². The zero-order valence-corrected chi connectivity index (χ0v) is 13.1. The third kappa shape index (κ3) is 3.16. The lowest BCUT2D eigenvalue weighted by Crippen LogP contribution is -2.29. The number of alkyl halides is 6. The summed E-state index contributed by atoms with van der Waals surface area (Å²) in [5.74, 6) is 0. The highest BCUT2D eigenvalue weighted by Gasteiger charge is 2.37. The third-order valence-corrected chi connectivity index (χ3v) is 3.87. The van der Waals surface area contributed by atoms with Crippen LogP contribution in [0.1, 0.15) is 11.3 Å². The van der Waals surface area contributed by atoms with Gasteiger partial charge in [0.2, 0.25) is 5.69 Å². The Kier molecular flexibility index (Phi) is 4.05. The van der Waals surface area contributed by atoms with Crippen molar-refractivity contribution in [3.8, 4) is 11.1 Å². The zero-order chi connectivity index (χ0) is 19.3. The first kappa shape index (κ1) is 18.0. The van der Waals surface area contributed by atoms with Gasteiger partial charge in [-0.1, -0.05) is 18.2 Å². The number of fused-ring (bicyclic) bond motifs is 1. The van der Waals surface area contributed by atoms with Crippen LogP contribution in [-0.2, 0) is 19.4 Å². The molecule has 26 heavy (non-hydrogen) atoms. The Morgan fingerprint density at radius 3 is 2.15 bits per heavy atom. The second kappa shape index (κ2) is 5.86. The molecule has 9 heteroatoms. The van der Waals surface area contributed by atoms with Gasteiger partial charge >= 0.3 is 12.4 Å². The number of rotatable bonds is 1. The molecule has 0 aliphatic heterocycles. The Bertz CT molecular complexity index is 1050. The summed E-state index contributed by atoms with van der Waals surface area (Å²) in [5, 5.41) is 0. The van der Waals surface area contributed by atoms with Crippen LogP contribution in [0.2, 0.25) is 0 Å². The molecular formula is C17H10F6N2O. The summed E-state index contributed by atoms with van der Waals surface area (Å²) in [6, 6.07) is 8.40. The van der Waals surface area contributed by atoms with Crippen LogP contribution in [0, 0.1) is 0 Å². The van der Waals surface area contributed by atoms with Crippen molar-refractivity contribution < 1.29 is 26.3 Å².